The molecule has 0 aromatic carbocycles. The van der Waals surface area contributed by atoms with E-state index in [0.717, 1.165) is 29.7 Å². The maximum Gasteiger partial charge on any atom is 0.179 e. The average Bonchev–Trinajstić information content (AvgIpc) is 2.95. The summed E-state index contributed by atoms with van der Waals surface area (Å²) in [7, 11) is 0. The zero-order valence-corrected chi connectivity index (χ0v) is 11.4. The van der Waals surface area contributed by atoms with Crippen molar-refractivity contribution in [1.29, 1.82) is 0 Å². The van der Waals surface area contributed by atoms with Crippen molar-refractivity contribution in [3.05, 3.63) is 58.7 Å². The molecule has 0 fully saturated rings. The zero-order valence-electron chi connectivity index (χ0n) is 10.6. The normalized spacial score (nSPS) is 24.3. The summed E-state index contributed by atoms with van der Waals surface area (Å²) in [6.07, 6.45) is 14.5. The van der Waals surface area contributed by atoms with Gasteiger partial charge in [-0.05, 0) is 35.4 Å². The van der Waals surface area contributed by atoms with Gasteiger partial charge in [0.05, 0.1) is 11.5 Å². The van der Waals surface area contributed by atoms with Crippen molar-refractivity contribution in [2.24, 2.45) is 0 Å². The van der Waals surface area contributed by atoms with Crippen molar-refractivity contribution in [3.63, 3.8) is 0 Å². The average molecular weight is 284 g/mol. The van der Waals surface area contributed by atoms with Crippen LogP contribution in [0.5, 0.6) is 0 Å². The maximum absolute atomic E-state index is 5.81. The molecule has 6 heteroatoms. The Morgan fingerprint density at radius 3 is 3.25 bits per heavy atom. The highest BCUT2D eigenvalue weighted by Gasteiger charge is 2.24. The summed E-state index contributed by atoms with van der Waals surface area (Å²) < 4.78 is 5.81. The van der Waals surface area contributed by atoms with E-state index in [2.05, 4.69) is 51.0 Å². The van der Waals surface area contributed by atoms with Gasteiger partial charge in [-0.15, -0.1) is 16.9 Å². The highest BCUT2D eigenvalue weighted by molar-refractivity contribution is 8.04. The Bertz CT molecular complexity index is 682. The van der Waals surface area contributed by atoms with Crippen LogP contribution in [0.4, 0.5) is 0 Å². The molecule has 1 aromatic rings. The summed E-state index contributed by atoms with van der Waals surface area (Å²) in [5.41, 5.74) is 2.10. The van der Waals surface area contributed by atoms with E-state index < -0.39 is 0 Å². The molecular formula is C14H12N4OS. The lowest BCUT2D eigenvalue weighted by molar-refractivity contribution is 0.360. The molecule has 3 aliphatic rings. The molecule has 0 saturated carbocycles. The van der Waals surface area contributed by atoms with Crippen molar-refractivity contribution in [3.8, 4) is 0 Å². The van der Waals surface area contributed by atoms with Crippen molar-refractivity contribution in [1.82, 2.24) is 20.6 Å². The number of fused-ring (bicyclic) bond motifs is 1. The predicted molar refractivity (Wildman–Crippen MR) is 77.2 cm³/mol. The number of thioether (sulfide) groups is 1. The van der Waals surface area contributed by atoms with Crippen molar-refractivity contribution >= 4 is 17.3 Å². The number of nitrogens with one attached hydrogen (secondary N) is 1. The van der Waals surface area contributed by atoms with Crippen LogP contribution in [0.3, 0.4) is 0 Å². The zero-order chi connectivity index (χ0) is 13.4. The Balaban J connectivity index is 1.66. The minimum absolute atomic E-state index is 0.300. The lowest BCUT2D eigenvalue weighted by Crippen LogP contribution is -2.06. The first-order chi connectivity index (χ1) is 9.90. The SMILES string of the molecule is C1=CC2=C(CC1)SC1C=CC(c3nnn[nH]3)=CC1=CO2. The summed E-state index contributed by atoms with van der Waals surface area (Å²) in [6, 6.07) is 0. The van der Waals surface area contributed by atoms with E-state index in [-0.39, 0.29) is 0 Å². The molecule has 0 amide bonds. The van der Waals surface area contributed by atoms with Crippen LogP contribution in [0.25, 0.3) is 5.57 Å². The van der Waals surface area contributed by atoms with Gasteiger partial charge in [0.1, 0.15) is 5.76 Å². The topological polar surface area (TPSA) is 63.7 Å². The molecule has 1 aromatic heterocycles. The summed E-state index contributed by atoms with van der Waals surface area (Å²) in [6.45, 7) is 0. The number of hydrogen-bond acceptors (Lipinski definition) is 5. The molecule has 0 bridgehead atoms. The van der Waals surface area contributed by atoms with Crippen LogP contribution in [-0.2, 0) is 4.74 Å². The quantitative estimate of drug-likeness (QED) is 0.859. The van der Waals surface area contributed by atoms with Gasteiger partial charge in [-0.2, -0.15) is 0 Å². The molecule has 1 atom stereocenters. The van der Waals surface area contributed by atoms with Crippen LogP contribution in [0.1, 0.15) is 18.7 Å². The van der Waals surface area contributed by atoms with Crippen molar-refractivity contribution in [2.45, 2.75) is 18.1 Å². The first kappa shape index (κ1) is 11.7. The van der Waals surface area contributed by atoms with E-state index in [1.807, 2.05) is 18.0 Å². The Labute approximate surface area is 120 Å². The van der Waals surface area contributed by atoms with Gasteiger partial charge in [-0.25, -0.2) is 5.10 Å². The highest BCUT2D eigenvalue weighted by atomic mass is 32.2. The second-order valence-corrected chi connectivity index (χ2v) is 5.95. The van der Waals surface area contributed by atoms with E-state index in [9.17, 15) is 0 Å². The minimum atomic E-state index is 0.300. The third-order valence-electron chi connectivity index (χ3n) is 3.39. The second-order valence-electron chi connectivity index (χ2n) is 4.71. The number of ether oxygens (including phenoxy) is 1. The van der Waals surface area contributed by atoms with Crippen LogP contribution in [0, 0.1) is 0 Å². The predicted octanol–water partition coefficient (Wildman–Crippen LogP) is 2.73. The second kappa shape index (κ2) is 4.79. The molecule has 100 valence electrons. The fourth-order valence-corrected chi connectivity index (χ4v) is 3.57. The summed E-state index contributed by atoms with van der Waals surface area (Å²) in [5.74, 6) is 1.65. The van der Waals surface area contributed by atoms with Gasteiger partial charge in [0.15, 0.2) is 5.82 Å². The van der Waals surface area contributed by atoms with Crippen LogP contribution in [0.15, 0.2) is 52.9 Å². The Morgan fingerprint density at radius 2 is 2.35 bits per heavy atom. The molecule has 1 N–H and O–H groups in total. The fourth-order valence-electron chi connectivity index (χ4n) is 2.38. The summed E-state index contributed by atoms with van der Waals surface area (Å²) in [4.78, 5) is 1.33. The molecule has 1 aliphatic heterocycles. The van der Waals surface area contributed by atoms with E-state index >= 15 is 0 Å². The van der Waals surface area contributed by atoms with Crippen molar-refractivity contribution < 1.29 is 4.74 Å². The lowest BCUT2D eigenvalue weighted by atomic mass is 10.0. The lowest BCUT2D eigenvalue weighted by Gasteiger charge is -2.18. The molecule has 0 radical (unpaired) electrons. The third-order valence-corrected chi connectivity index (χ3v) is 4.77. The molecule has 4 rings (SSSR count). The molecule has 0 saturated heterocycles. The summed E-state index contributed by atoms with van der Waals surface area (Å²) >= 11 is 1.86. The summed E-state index contributed by atoms with van der Waals surface area (Å²) in [5, 5.41) is 14.2. The third kappa shape index (κ3) is 2.02. The number of rotatable bonds is 1. The van der Waals surface area contributed by atoms with Gasteiger partial charge in [0.2, 0.25) is 0 Å². The van der Waals surface area contributed by atoms with E-state index in [4.69, 9.17) is 4.74 Å². The van der Waals surface area contributed by atoms with E-state index in [1.54, 1.807) is 0 Å². The van der Waals surface area contributed by atoms with E-state index in [0.29, 0.717) is 11.1 Å². The standard InChI is InChI=1S/C14H12N4OS/c1-2-4-13-11(3-1)19-8-10-7-9(5-6-12(10)20-13)14-15-17-18-16-14/h1,3,5-8,12H,2,4H2,(H,15,16,17,18). The van der Waals surface area contributed by atoms with Gasteiger partial charge >= 0.3 is 0 Å². The minimum Gasteiger partial charge on any atom is -0.464 e. The highest BCUT2D eigenvalue weighted by Crippen LogP contribution is 2.41. The molecule has 2 aliphatic carbocycles. The maximum atomic E-state index is 5.81. The Hall–Kier alpha value is -2.08. The number of H-pyrrole nitrogens is 1. The smallest absolute Gasteiger partial charge is 0.179 e. The number of aromatic nitrogens is 4. The molecule has 5 nitrogen and oxygen atoms in total. The van der Waals surface area contributed by atoms with Crippen LogP contribution < -0.4 is 0 Å². The molecule has 1 unspecified atom stereocenters. The van der Waals surface area contributed by atoms with Gasteiger partial charge < -0.3 is 4.74 Å². The Morgan fingerprint density at radius 1 is 1.35 bits per heavy atom. The van der Waals surface area contributed by atoms with Gasteiger partial charge in [0.25, 0.3) is 0 Å². The van der Waals surface area contributed by atoms with Crippen molar-refractivity contribution in [2.75, 3.05) is 0 Å². The number of nitrogens with zero attached hydrogens (tertiary/aromatic N) is 3. The van der Waals surface area contributed by atoms with Gasteiger partial charge in [-0.1, -0.05) is 18.2 Å². The largest absolute Gasteiger partial charge is 0.464 e. The molecule has 0 spiro atoms. The number of hydrogen-bond donors (Lipinski definition) is 1. The first-order valence-corrected chi connectivity index (χ1v) is 7.35. The fraction of sp³-hybridized carbons (Fsp3) is 0.214. The van der Waals surface area contributed by atoms with Crippen LogP contribution in [0.2, 0.25) is 0 Å². The Kier molecular flexibility index (Phi) is 2.81. The van der Waals surface area contributed by atoms with Gasteiger partial charge in [0, 0.05) is 16.1 Å². The molecule has 20 heavy (non-hydrogen) atoms. The van der Waals surface area contributed by atoms with Gasteiger partial charge in [-0.3, -0.25) is 0 Å². The molecular weight excluding hydrogens is 272 g/mol. The van der Waals surface area contributed by atoms with E-state index in [1.165, 1.54) is 4.91 Å². The number of allylic oxidation sites excluding steroid dienone is 6. The van der Waals surface area contributed by atoms with Crippen LogP contribution >= 0.6 is 11.8 Å². The first-order valence-electron chi connectivity index (χ1n) is 6.47. The number of tetrazole rings is 1. The number of aromatic amines is 1. The molecule has 2 heterocycles. The van der Waals surface area contributed by atoms with Crippen LogP contribution in [-0.4, -0.2) is 25.9 Å². The monoisotopic (exact) mass is 284 g/mol.